The fraction of sp³-hybridized carbons (Fsp3) is 0.786. The van der Waals surface area contributed by atoms with E-state index in [1.165, 1.54) is 5.06 Å². The number of hydrogen-bond acceptors (Lipinski definition) is 4. The first-order valence-electron chi connectivity index (χ1n) is 6.74. The Hall–Kier alpha value is -0.910. The predicted octanol–water partition coefficient (Wildman–Crippen LogP) is 1.24. The van der Waals surface area contributed by atoms with Gasteiger partial charge in [0.1, 0.15) is 0 Å². The maximum absolute atomic E-state index is 12.2. The second kappa shape index (κ2) is 5.61. The molecule has 0 aromatic carbocycles. The highest BCUT2D eigenvalue weighted by molar-refractivity contribution is 5.96. The molecule has 19 heavy (non-hydrogen) atoms. The number of carbonyl (C=O) groups excluding carboxylic acids is 1. The summed E-state index contributed by atoms with van der Waals surface area (Å²) in [7, 11) is 4.02. The van der Waals surface area contributed by atoms with Crippen molar-refractivity contribution in [2.75, 3.05) is 27.2 Å². The maximum atomic E-state index is 12.2. The van der Waals surface area contributed by atoms with Gasteiger partial charge in [-0.15, -0.1) is 0 Å². The largest absolute Gasteiger partial charge is 0.352 e. The van der Waals surface area contributed by atoms with Crippen LogP contribution in [0, 0.1) is 0 Å². The molecule has 0 fully saturated rings. The molecule has 110 valence electrons. The van der Waals surface area contributed by atoms with Crippen molar-refractivity contribution in [2.45, 2.75) is 45.2 Å². The van der Waals surface area contributed by atoms with Gasteiger partial charge in [0.15, 0.2) is 0 Å². The van der Waals surface area contributed by atoms with Crippen molar-refractivity contribution in [3.8, 4) is 0 Å². The van der Waals surface area contributed by atoms with Crippen molar-refractivity contribution in [1.29, 1.82) is 0 Å². The van der Waals surface area contributed by atoms with Crippen molar-refractivity contribution < 1.29 is 10.0 Å². The van der Waals surface area contributed by atoms with Gasteiger partial charge in [-0.05, 0) is 54.8 Å². The number of nitrogens with one attached hydrogen (secondary N) is 1. The normalized spacial score (nSPS) is 21.6. The summed E-state index contributed by atoms with van der Waals surface area (Å²) < 4.78 is 0. The molecule has 0 spiro atoms. The van der Waals surface area contributed by atoms with Gasteiger partial charge in [0.25, 0.3) is 0 Å². The predicted molar refractivity (Wildman–Crippen MR) is 76.0 cm³/mol. The number of rotatable bonds is 5. The summed E-state index contributed by atoms with van der Waals surface area (Å²) in [4.78, 5) is 14.3. The van der Waals surface area contributed by atoms with Crippen LogP contribution in [-0.4, -0.2) is 59.3 Å². The van der Waals surface area contributed by atoms with Gasteiger partial charge in [-0.2, -0.15) is 5.06 Å². The van der Waals surface area contributed by atoms with E-state index in [9.17, 15) is 10.0 Å². The lowest BCUT2D eigenvalue weighted by Crippen LogP contribution is -2.49. The molecule has 0 aromatic rings. The average molecular weight is 269 g/mol. The van der Waals surface area contributed by atoms with E-state index in [1.807, 2.05) is 47.9 Å². The average Bonchev–Trinajstić information content (AvgIpc) is 2.45. The highest BCUT2D eigenvalue weighted by Crippen LogP contribution is 2.38. The van der Waals surface area contributed by atoms with Crippen LogP contribution >= 0.6 is 0 Å². The summed E-state index contributed by atoms with van der Waals surface area (Å²) in [6.07, 6.45) is 2.76. The lowest BCUT2D eigenvalue weighted by atomic mass is 9.96. The van der Waals surface area contributed by atoms with Gasteiger partial charge >= 0.3 is 0 Å². The van der Waals surface area contributed by atoms with Crippen LogP contribution in [0.25, 0.3) is 0 Å². The van der Waals surface area contributed by atoms with Crippen LogP contribution in [0.4, 0.5) is 0 Å². The molecule has 0 saturated carbocycles. The molecule has 0 aromatic heterocycles. The molecular weight excluding hydrogens is 242 g/mol. The third-order valence-corrected chi connectivity index (χ3v) is 3.54. The van der Waals surface area contributed by atoms with Crippen molar-refractivity contribution >= 4 is 5.91 Å². The van der Waals surface area contributed by atoms with Crippen LogP contribution < -0.4 is 5.32 Å². The van der Waals surface area contributed by atoms with E-state index in [0.29, 0.717) is 12.1 Å². The quantitative estimate of drug-likeness (QED) is 0.737. The minimum absolute atomic E-state index is 0.0895. The third-order valence-electron chi connectivity index (χ3n) is 3.54. The van der Waals surface area contributed by atoms with Crippen molar-refractivity contribution in [3.05, 3.63) is 11.6 Å². The van der Waals surface area contributed by atoms with Crippen LogP contribution in [0.15, 0.2) is 11.6 Å². The summed E-state index contributed by atoms with van der Waals surface area (Å²) in [6, 6.07) is 0. The van der Waals surface area contributed by atoms with Gasteiger partial charge in [-0.3, -0.25) is 4.79 Å². The Kier molecular flexibility index (Phi) is 4.76. The molecule has 0 unspecified atom stereocenters. The lowest BCUT2D eigenvalue weighted by molar-refractivity contribution is -0.186. The molecule has 0 bridgehead atoms. The minimum Gasteiger partial charge on any atom is -0.352 e. The van der Waals surface area contributed by atoms with Gasteiger partial charge in [-0.25, -0.2) is 0 Å². The summed E-state index contributed by atoms with van der Waals surface area (Å²) in [6.45, 7) is 9.08. The molecular formula is C14H27N3O2. The summed E-state index contributed by atoms with van der Waals surface area (Å²) in [5.41, 5.74) is -0.542. The van der Waals surface area contributed by atoms with Crippen LogP contribution in [-0.2, 0) is 4.79 Å². The molecule has 1 heterocycles. The molecule has 1 aliphatic heterocycles. The first-order valence-corrected chi connectivity index (χ1v) is 6.74. The standard InChI is InChI=1S/C14H27N3O2/c1-13(2)10-11(14(3,4)17(13)19)12(18)15-8-7-9-16(5)6/h10,19H,7-9H2,1-6H3,(H,15,18). The Bertz CT molecular complexity index is 373. The van der Waals surface area contributed by atoms with Gasteiger partial charge in [0.2, 0.25) is 5.91 Å². The zero-order valence-electron chi connectivity index (χ0n) is 12.9. The van der Waals surface area contributed by atoms with E-state index in [2.05, 4.69) is 10.2 Å². The zero-order chi connectivity index (χ0) is 14.8. The first-order chi connectivity index (χ1) is 8.59. The number of hydrogen-bond donors (Lipinski definition) is 2. The molecule has 5 heteroatoms. The number of carbonyl (C=O) groups is 1. The van der Waals surface area contributed by atoms with Crippen molar-refractivity contribution in [2.24, 2.45) is 0 Å². The number of nitrogens with zero attached hydrogens (tertiary/aromatic N) is 2. The number of amides is 1. The van der Waals surface area contributed by atoms with Gasteiger partial charge in [0.05, 0.1) is 11.1 Å². The molecule has 1 rings (SSSR count). The monoisotopic (exact) mass is 269 g/mol. The molecule has 1 aliphatic rings. The summed E-state index contributed by atoms with van der Waals surface area (Å²) in [5.74, 6) is -0.0895. The van der Waals surface area contributed by atoms with E-state index in [0.717, 1.165) is 13.0 Å². The molecule has 0 radical (unpaired) electrons. The van der Waals surface area contributed by atoms with Gasteiger partial charge < -0.3 is 15.4 Å². The van der Waals surface area contributed by atoms with Crippen LogP contribution in [0.5, 0.6) is 0 Å². The molecule has 2 N–H and O–H groups in total. The molecule has 1 amide bonds. The van der Waals surface area contributed by atoms with E-state index < -0.39 is 11.1 Å². The van der Waals surface area contributed by atoms with E-state index in [-0.39, 0.29) is 5.91 Å². The molecule has 0 aliphatic carbocycles. The highest BCUT2D eigenvalue weighted by Gasteiger charge is 2.47. The smallest absolute Gasteiger partial charge is 0.248 e. The van der Waals surface area contributed by atoms with Gasteiger partial charge in [0, 0.05) is 12.1 Å². The second-order valence-electron chi connectivity index (χ2n) is 6.50. The third kappa shape index (κ3) is 3.55. The Morgan fingerprint density at radius 1 is 1.37 bits per heavy atom. The number of hydroxylamine groups is 2. The molecule has 0 saturated heterocycles. The molecule has 0 atom stereocenters. The van der Waals surface area contributed by atoms with Crippen molar-refractivity contribution in [1.82, 2.24) is 15.3 Å². The minimum atomic E-state index is -0.658. The SMILES string of the molecule is CN(C)CCCNC(=O)C1=CC(C)(C)N(O)C1(C)C. The molecule has 5 nitrogen and oxygen atoms in total. The Balaban J connectivity index is 2.62. The topological polar surface area (TPSA) is 55.8 Å². The zero-order valence-corrected chi connectivity index (χ0v) is 12.9. The highest BCUT2D eigenvalue weighted by atomic mass is 16.5. The first kappa shape index (κ1) is 16.1. The Morgan fingerprint density at radius 2 is 1.95 bits per heavy atom. The van der Waals surface area contributed by atoms with Crippen LogP contribution in [0.2, 0.25) is 0 Å². The second-order valence-corrected chi connectivity index (χ2v) is 6.50. The fourth-order valence-electron chi connectivity index (χ4n) is 2.46. The van der Waals surface area contributed by atoms with Crippen LogP contribution in [0.1, 0.15) is 34.1 Å². The lowest BCUT2D eigenvalue weighted by Gasteiger charge is -2.35. The van der Waals surface area contributed by atoms with E-state index in [4.69, 9.17) is 0 Å². The maximum Gasteiger partial charge on any atom is 0.248 e. The van der Waals surface area contributed by atoms with E-state index in [1.54, 1.807) is 0 Å². The van der Waals surface area contributed by atoms with E-state index >= 15 is 0 Å². The summed E-state index contributed by atoms with van der Waals surface area (Å²) in [5, 5.41) is 14.3. The van der Waals surface area contributed by atoms with Crippen LogP contribution in [0.3, 0.4) is 0 Å². The van der Waals surface area contributed by atoms with Gasteiger partial charge in [-0.1, -0.05) is 6.08 Å². The summed E-state index contributed by atoms with van der Waals surface area (Å²) >= 11 is 0. The Morgan fingerprint density at radius 3 is 2.37 bits per heavy atom. The fourth-order valence-corrected chi connectivity index (χ4v) is 2.46. The Labute approximate surface area is 116 Å². The van der Waals surface area contributed by atoms with Crippen molar-refractivity contribution in [3.63, 3.8) is 0 Å².